The first-order valence-electron chi connectivity index (χ1n) is 12.4. The lowest BCUT2D eigenvalue weighted by Gasteiger charge is -2.39. The number of benzene rings is 1. The van der Waals surface area contributed by atoms with Crippen molar-refractivity contribution >= 4 is 23.5 Å². The number of hydrogen-bond acceptors (Lipinski definition) is 6. The third-order valence-corrected chi connectivity index (χ3v) is 7.16. The number of rotatable bonds is 6. The van der Waals surface area contributed by atoms with E-state index >= 15 is 4.39 Å². The fourth-order valence-corrected chi connectivity index (χ4v) is 5.35. The van der Waals surface area contributed by atoms with Crippen molar-refractivity contribution in [2.24, 2.45) is 5.73 Å². The summed E-state index contributed by atoms with van der Waals surface area (Å²) in [5, 5.41) is 3.45. The third kappa shape index (κ3) is 4.41. The third-order valence-electron chi connectivity index (χ3n) is 7.16. The van der Waals surface area contributed by atoms with E-state index in [0.29, 0.717) is 18.4 Å². The summed E-state index contributed by atoms with van der Waals surface area (Å²) in [6.07, 6.45) is 9.65. The number of carbonyl (C=O) groups is 1. The van der Waals surface area contributed by atoms with Crippen LogP contribution in [0.5, 0.6) is 5.75 Å². The number of amides is 2. The van der Waals surface area contributed by atoms with Crippen LogP contribution in [0, 0.1) is 5.82 Å². The predicted octanol–water partition coefficient (Wildman–Crippen LogP) is 4.59. The number of carbonyl (C=O) groups excluding carboxylic acids is 1. The molecule has 9 heteroatoms. The van der Waals surface area contributed by atoms with Crippen LogP contribution in [0.4, 0.5) is 26.6 Å². The summed E-state index contributed by atoms with van der Waals surface area (Å²) in [6.45, 7) is 2.37. The normalized spacial score (nSPS) is 23.2. The number of aromatic nitrogens is 2. The molecule has 1 aromatic carbocycles. The lowest BCUT2D eigenvalue weighted by Crippen LogP contribution is -2.52. The van der Waals surface area contributed by atoms with Gasteiger partial charge in [0.2, 0.25) is 5.95 Å². The van der Waals surface area contributed by atoms with Crippen molar-refractivity contribution in [3.8, 4) is 5.75 Å². The molecule has 2 saturated carbocycles. The Labute approximate surface area is 199 Å². The molecule has 2 aromatic rings. The fraction of sp³-hybridized carbons (Fsp3) is 0.560. The summed E-state index contributed by atoms with van der Waals surface area (Å²) < 4.78 is 20.7. The van der Waals surface area contributed by atoms with Crippen LogP contribution in [0.25, 0.3) is 0 Å². The average Bonchev–Trinajstić information content (AvgIpc) is 3.36. The van der Waals surface area contributed by atoms with Crippen molar-refractivity contribution in [3.05, 3.63) is 35.8 Å². The van der Waals surface area contributed by atoms with Crippen LogP contribution in [-0.2, 0) is 6.54 Å². The van der Waals surface area contributed by atoms with Crippen molar-refractivity contribution in [1.29, 1.82) is 0 Å². The van der Waals surface area contributed by atoms with E-state index in [1.807, 2.05) is 0 Å². The highest BCUT2D eigenvalue weighted by Crippen LogP contribution is 2.38. The molecule has 0 radical (unpaired) electrons. The van der Waals surface area contributed by atoms with Gasteiger partial charge in [0.1, 0.15) is 5.82 Å². The second-order valence-corrected chi connectivity index (χ2v) is 9.50. The number of ether oxygens (including phenoxy) is 1. The highest BCUT2D eigenvalue weighted by Gasteiger charge is 2.39. The summed E-state index contributed by atoms with van der Waals surface area (Å²) in [5.74, 6) is 0.795. The van der Waals surface area contributed by atoms with E-state index in [2.05, 4.69) is 10.3 Å². The Balaban J connectivity index is 1.47. The predicted molar refractivity (Wildman–Crippen MR) is 130 cm³/mol. The Morgan fingerprint density at radius 1 is 1.18 bits per heavy atom. The maximum Gasteiger partial charge on any atom is 0.330 e. The molecule has 1 aliphatic heterocycles. The SMILES string of the molecule is CCOc1cccc(N2Cc3cnc(NC4CCC(N)CC4)nc3N(C3CCCC3)C2=O)c1F. The monoisotopic (exact) mass is 468 g/mol. The maximum atomic E-state index is 15.3. The van der Waals surface area contributed by atoms with Crippen molar-refractivity contribution < 1.29 is 13.9 Å². The zero-order chi connectivity index (χ0) is 23.7. The van der Waals surface area contributed by atoms with Crippen LogP contribution < -0.4 is 25.6 Å². The van der Waals surface area contributed by atoms with Gasteiger partial charge in [-0.05, 0) is 57.6 Å². The number of urea groups is 1. The van der Waals surface area contributed by atoms with Gasteiger partial charge in [-0.25, -0.2) is 14.2 Å². The number of halogens is 1. The first kappa shape index (κ1) is 22.8. The minimum atomic E-state index is -0.526. The molecule has 182 valence electrons. The van der Waals surface area contributed by atoms with E-state index in [-0.39, 0.29) is 42.1 Å². The Morgan fingerprint density at radius 3 is 2.68 bits per heavy atom. The summed E-state index contributed by atoms with van der Waals surface area (Å²) in [4.78, 5) is 26.4. The molecule has 34 heavy (non-hydrogen) atoms. The van der Waals surface area contributed by atoms with Crippen molar-refractivity contribution in [2.75, 3.05) is 21.7 Å². The molecule has 3 aliphatic rings. The molecule has 2 aliphatic carbocycles. The number of nitrogens with two attached hydrogens (primary N) is 1. The van der Waals surface area contributed by atoms with E-state index in [1.54, 1.807) is 36.2 Å². The summed E-state index contributed by atoms with van der Waals surface area (Å²) in [5.41, 5.74) is 7.06. The molecule has 0 unspecified atom stereocenters. The second kappa shape index (κ2) is 9.74. The molecule has 2 amide bonds. The Bertz CT molecular complexity index is 1040. The minimum absolute atomic E-state index is 0.0441. The molecule has 2 heterocycles. The van der Waals surface area contributed by atoms with Crippen LogP contribution in [0.15, 0.2) is 24.4 Å². The molecule has 2 fully saturated rings. The van der Waals surface area contributed by atoms with Gasteiger partial charge in [0.25, 0.3) is 0 Å². The number of nitrogens with zero attached hydrogens (tertiary/aromatic N) is 4. The van der Waals surface area contributed by atoms with Crippen molar-refractivity contribution in [1.82, 2.24) is 9.97 Å². The quantitative estimate of drug-likeness (QED) is 0.644. The van der Waals surface area contributed by atoms with E-state index < -0.39 is 5.82 Å². The van der Waals surface area contributed by atoms with Gasteiger partial charge < -0.3 is 15.8 Å². The topological polar surface area (TPSA) is 96.6 Å². The van der Waals surface area contributed by atoms with Gasteiger partial charge in [-0.2, -0.15) is 4.98 Å². The zero-order valence-electron chi connectivity index (χ0n) is 19.7. The standard InChI is InChI=1S/C25H33FN6O2/c1-2-34-21-9-5-8-20(22(21)26)31-15-16-14-28-24(29-18-12-10-17(27)11-13-18)30-23(16)32(25(31)33)19-6-3-4-7-19/h5,8-9,14,17-19H,2-4,6-7,10-13,15,27H2,1H3,(H,28,29,30). The van der Waals surface area contributed by atoms with Crippen LogP contribution in [0.2, 0.25) is 0 Å². The number of hydrogen-bond donors (Lipinski definition) is 2. The smallest absolute Gasteiger partial charge is 0.330 e. The molecule has 0 bridgehead atoms. The molecule has 3 N–H and O–H groups in total. The molecular formula is C25H33FN6O2. The van der Waals surface area contributed by atoms with Gasteiger partial charge in [-0.1, -0.05) is 18.9 Å². The summed E-state index contributed by atoms with van der Waals surface area (Å²) in [7, 11) is 0. The largest absolute Gasteiger partial charge is 0.491 e. The molecule has 0 atom stereocenters. The molecule has 5 rings (SSSR count). The van der Waals surface area contributed by atoms with Gasteiger partial charge in [0.05, 0.1) is 18.8 Å². The van der Waals surface area contributed by atoms with E-state index in [4.69, 9.17) is 15.5 Å². The van der Waals surface area contributed by atoms with Gasteiger partial charge in [-0.3, -0.25) is 9.80 Å². The zero-order valence-corrected chi connectivity index (χ0v) is 19.7. The average molecular weight is 469 g/mol. The highest BCUT2D eigenvalue weighted by atomic mass is 19.1. The van der Waals surface area contributed by atoms with Crippen LogP contribution >= 0.6 is 0 Å². The van der Waals surface area contributed by atoms with Gasteiger partial charge >= 0.3 is 6.03 Å². The van der Waals surface area contributed by atoms with E-state index in [0.717, 1.165) is 56.9 Å². The first-order valence-corrected chi connectivity index (χ1v) is 12.4. The number of anilines is 3. The van der Waals surface area contributed by atoms with Gasteiger partial charge in [-0.15, -0.1) is 0 Å². The first-order chi connectivity index (χ1) is 16.5. The Hall–Kier alpha value is -2.94. The van der Waals surface area contributed by atoms with E-state index in [9.17, 15) is 4.79 Å². The van der Waals surface area contributed by atoms with Gasteiger partial charge in [0.15, 0.2) is 11.6 Å². The van der Waals surface area contributed by atoms with Crippen LogP contribution in [0.3, 0.4) is 0 Å². The molecule has 0 spiro atoms. The fourth-order valence-electron chi connectivity index (χ4n) is 5.35. The molecular weight excluding hydrogens is 435 g/mol. The van der Waals surface area contributed by atoms with Crippen LogP contribution in [-0.4, -0.2) is 40.7 Å². The maximum absolute atomic E-state index is 15.3. The molecule has 8 nitrogen and oxygen atoms in total. The van der Waals surface area contributed by atoms with Crippen LogP contribution in [0.1, 0.15) is 63.9 Å². The number of nitrogens with one attached hydrogen (secondary N) is 1. The lowest BCUT2D eigenvalue weighted by molar-refractivity contribution is 0.247. The highest BCUT2D eigenvalue weighted by molar-refractivity contribution is 6.06. The molecule has 1 aromatic heterocycles. The molecule has 0 saturated heterocycles. The Morgan fingerprint density at radius 2 is 1.94 bits per heavy atom. The lowest BCUT2D eigenvalue weighted by atomic mass is 9.92. The van der Waals surface area contributed by atoms with Crippen molar-refractivity contribution in [2.45, 2.75) is 83.0 Å². The second-order valence-electron chi connectivity index (χ2n) is 9.50. The van der Waals surface area contributed by atoms with Crippen molar-refractivity contribution in [3.63, 3.8) is 0 Å². The summed E-state index contributed by atoms with van der Waals surface area (Å²) in [6, 6.07) is 5.26. The minimum Gasteiger partial charge on any atom is -0.491 e. The number of fused-ring (bicyclic) bond motifs is 1. The summed E-state index contributed by atoms with van der Waals surface area (Å²) >= 11 is 0. The van der Waals surface area contributed by atoms with Gasteiger partial charge in [0, 0.05) is 29.9 Å². The van der Waals surface area contributed by atoms with E-state index in [1.165, 1.54) is 4.90 Å². The Kier molecular flexibility index (Phi) is 6.54.